The Morgan fingerprint density at radius 3 is 2.64 bits per heavy atom. The van der Waals surface area contributed by atoms with Crippen molar-refractivity contribution in [2.75, 3.05) is 13.2 Å². The summed E-state index contributed by atoms with van der Waals surface area (Å²) in [5, 5.41) is 1.52. The third-order valence-electron chi connectivity index (χ3n) is 5.21. The number of hydrogen-bond acceptors (Lipinski definition) is 3. The summed E-state index contributed by atoms with van der Waals surface area (Å²) >= 11 is 0. The number of amides is 1. The zero-order valence-electron chi connectivity index (χ0n) is 15.8. The Bertz CT molecular complexity index is 1010. The van der Waals surface area contributed by atoms with Crippen molar-refractivity contribution in [3.63, 3.8) is 0 Å². The topological polar surface area (TPSA) is 51.5 Å². The zero-order chi connectivity index (χ0) is 19.3. The number of carbonyl (C=O) groups excluding carboxylic acids is 1. The van der Waals surface area contributed by atoms with Gasteiger partial charge in [0, 0.05) is 31.3 Å². The molecule has 1 aliphatic heterocycles. The van der Waals surface area contributed by atoms with Crippen molar-refractivity contribution >= 4 is 16.7 Å². The van der Waals surface area contributed by atoms with E-state index in [0.29, 0.717) is 18.5 Å². The molecule has 28 heavy (non-hydrogen) atoms. The first kappa shape index (κ1) is 18.4. The number of ether oxygens (including phenoxy) is 1. The van der Waals surface area contributed by atoms with Crippen LogP contribution in [0.3, 0.4) is 0 Å². The second-order valence-corrected chi connectivity index (χ2v) is 7.23. The fourth-order valence-electron chi connectivity index (χ4n) is 3.69. The fourth-order valence-corrected chi connectivity index (χ4v) is 3.69. The summed E-state index contributed by atoms with van der Waals surface area (Å²) in [4.78, 5) is 27.7. The number of pyridine rings is 1. The lowest BCUT2D eigenvalue weighted by Crippen LogP contribution is -2.40. The summed E-state index contributed by atoms with van der Waals surface area (Å²) in [6, 6.07) is 19.3. The van der Waals surface area contributed by atoms with E-state index in [4.69, 9.17) is 4.74 Å². The van der Waals surface area contributed by atoms with Gasteiger partial charge < -0.3 is 14.2 Å². The molecular weight excluding hydrogens is 352 g/mol. The Hall–Kier alpha value is -2.92. The van der Waals surface area contributed by atoms with Crippen molar-refractivity contribution < 1.29 is 9.53 Å². The molecule has 0 spiro atoms. The predicted octanol–water partition coefficient (Wildman–Crippen LogP) is 3.21. The normalized spacial score (nSPS) is 16.4. The van der Waals surface area contributed by atoms with E-state index in [1.165, 1.54) is 4.57 Å². The molecule has 1 fully saturated rings. The molecule has 144 valence electrons. The molecule has 5 nitrogen and oxygen atoms in total. The number of rotatable bonds is 6. The van der Waals surface area contributed by atoms with Gasteiger partial charge in [-0.3, -0.25) is 9.59 Å². The van der Waals surface area contributed by atoms with Crippen LogP contribution in [-0.4, -0.2) is 34.6 Å². The molecule has 5 heteroatoms. The van der Waals surface area contributed by atoms with Gasteiger partial charge in [0.05, 0.1) is 6.10 Å². The third kappa shape index (κ3) is 4.15. The van der Waals surface area contributed by atoms with Gasteiger partial charge in [0.15, 0.2) is 0 Å². The standard InChI is InChI=1S/C23H24N2O3/c26-22(17-24-13-12-19-9-4-5-11-21(19)23(24)27)25(16-20-10-6-14-28-20)15-18-7-2-1-3-8-18/h1-5,7-9,11-13,20H,6,10,14-17H2/t20-/m0/s1. The van der Waals surface area contributed by atoms with Crippen LogP contribution in [0.1, 0.15) is 18.4 Å². The first-order valence-electron chi connectivity index (χ1n) is 9.72. The summed E-state index contributed by atoms with van der Waals surface area (Å²) in [7, 11) is 0. The molecule has 2 aromatic carbocycles. The molecule has 0 bridgehead atoms. The maximum Gasteiger partial charge on any atom is 0.258 e. The van der Waals surface area contributed by atoms with Gasteiger partial charge in [-0.15, -0.1) is 0 Å². The van der Waals surface area contributed by atoms with Crippen molar-refractivity contribution in [3.8, 4) is 0 Å². The SMILES string of the molecule is O=C(Cn1ccc2ccccc2c1=O)N(Cc1ccccc1)C[C@@H]1CCCO1. The highest BCUT2D eigenvalue weighted by Gasteiger charge is 2.23. The summed E-state index contributed by atoms with van der Waals surface area (Å²) in [5.74, 6) is -0.0725. The highest BCUT2D eigenvalue weighted by molar-refractivity contribution is 5.82. The minimum Gasteiger partial charge on any atom is -0.376 e. The molecule has 0 unspecified atom stereocenters. The second kappa shape index (κ2) is 8.40. The van der Waals surface area contributed by atoms with E-state index in [2.05, 4.69) is 0 Å². The lowest BCUT2D eigenvalue weighted by Gasteiger charge is -2.26. The first-order valence-corrected chi connectivity index (χ1v) is 9.72. The van der Waals surface area contributed by atoms with Crippen molar-refractivity contribution in [2.24, 2.45) is 0 Å². The van der Waals surface area contributed by atoms with Crippen LogP contribution in [0.15, 0.2) is 71.7 Å². The van der Waals surface area contributed by atoms with Crippen LogP contribution in [0, 0.1) is 0 Å². The van der Waals surface area contributed by atoms with Crippen LogP contribution >= 0.6 is 0 Å². The number of aromatic nitrogens is 1. The maximum atomic E-state index is 13.1. The smallest absolute Gasteiger partial charge is 0.258 e. The Morgan fingerprint density at radius 2 is 1.86 bits per heavy atom. The predicted molar refractivity (Wildman–Crippen MR) is 109 cm³/mol. The Kier molecular flexibility index (Phi) is 5.53. The number of hydrogen-bond donors (Lipinski definition) is 0. The van der Waals surface area contributed by atoms with Crippen molar-refractivity contribution in [2.45, 2.75) is 32.0 Å². The Balaban J connectivity index is 1.56. The van der Waals surface area contributed by atoms with Crippen molar-refractivity contribution in [1.82, 2.24) is 9.47 Å². The molecule has 0 radical (unpaired) electrons. The van der Waals surface area contributed by atoms with Crippen LogP contribution < -0.4 is 5.56 Å². The van der Waals surface area contributed by atoms with E-state index < -0.39 is 0 Å². The maximum absolute atomic E-state index is 13.1. The number of nitrogens with zero attached hydrogens (tertiary/aromatic N) is 2. The van der Waals surface area contributed by atoms with Crippen LogP contribution in [-0.2, 0) is 22.6 Å². The number of carbonyl (C=O) groups is 1. The minimum atomic E-state index is -0.136. The minimum absolute atomic E-state index is 0.0310. The molecule has 3 aromatic rings. The molecule has 1 saturated heterocycles. The second-order valence-electron chi connectivity index (χ2n) is 7.23. The van der Waals surface area contributed by atoms with Gasteiger partial charge in [0.2, 0.25) is 5.91 Å². The summed E-state index contributed by atoms with van der Waals surface area (Å²) in [6.45, 7) is 1.85. The van der Waals surface area contributed by atoms with Gasteiger partial charge in [0.25, 0.3) is 5.56 Å². The van der Waals surface area contributed by atoms with Crippen molar-refractivity contribution in [1.29, 1.82) is 0 Å². The first-order chi connectivity index (χ1) is 13.7. The largest absolute Gasteiger partial charge is 0.376 e. The van der Waals surface area contributed by atoms with E-state index in [0.717, 1.165) is 30.4 Å². The van der Waals surface area contributed by atoms with E-state index in [9.17, 15) is 9.59 Å². The summed E-state index contributed by atoms with van der Waals surface area (Å²) in [6.07, 6.45) is 3.77. The third-order valence-corrected chi connectivity index (χ3v) is 5.21. The number of benzene rings is 2. The molecule has 0 saturated carbocycles. The van der Waals surface area contributed by atoms with E-state index in [1.54, 1.807) is 12.3 Å². The van der Waals surface area contributed by atoms with Gasteiger partial charge in [-0.25, -0.2) is 0 Å². The van der Waals surface area contributed by atoms with Gasteiger partial charge >= 0.3 is 0 Å². The van der Waals surface area contributed by atoms with Gasteiger partial charge in [0.1, 0.15) is 6.54 Å². The Labute approximate surface area is 164 Å². The fraction of sp³-hybridized carbons (Fsp3) is 0.304. The van der Waals surface area contributed by atoms with E-state index in [1.807, 2.05) is 59.5 Å². The number of fused-ring (bicyclic) bond motifs is 1. The van der Waals surface area contributed by atoms with Gasteiger partial charge in [-0.05, 0) is 35.9 Å². The lowest BCUT2D eigenvalue weighted by atomic mass is 10.1. The summed E-state index contributed by atoms with van der Waals surface area (Å²) < 4.78 is 7.24. The molecular formula is C23H24N2O3. The average Bonchev–Trinajstić information content (AvgIpc) is 3.24. The molecule has 1 atom stereocenters. The van der Waals surface area contributed by atoms with Gasteiger partial charge in [-0.1, -0.05) is 48.5 Å². The average molecular weight is 376 g/mol. The van der Waals surface area contributed by atoms with Crippen LogP contribution in [0.2, 0.25) is 0 Å². The Morgan fingerprint density at radius 1 is 1.07 bits per heavy atom. The van der Waals surface area contributed by atoms with Crippen LogP contribution in [0.4, 0.5) is 0 Å². The molecule has 4 rings (SSSR count). The highest BCUT2D eigenvalue weighted by Crippen LogP contribution is 2.16. The van der Waals surface area contributed by atoms with E-state index in [-0.39, 0.29) is 24.1 Å². The zero-order valence-corrected chi connectivity index (χ0v) is 15.8. The van der Waals surface area contributed by atoms with Crippen LogP contribution in [0.25, 0.3) is 10.8 Å². The van der Waals surface area contributed by atoms with E-state index >= 15 is 0 Å². The molecule has 1 aromatic heterocycles. The molecule has 2 heterocycles. The summed E-state index contributed by atoms with van der Waals surface area (Å²) in [5.41, 5.74) is 0.933. The lowest BCUT2D eigenvalue weighted by molar-refractivity contribution is -0.134. The quantitative estimate of drug-likeness (QED) is 0.664. The molecule has 1 amide bonds. The van der Waals surface area contributed by atoms with Crippen LogP contribution in [0.5, 0.6) is 0 Å². The monoisotopic (exact) mass is 376 g/mol. The molecule has 1 aliphatic rings. The molecule has 0 aliphatic carbocycles. The van der Waals surface area contributed by atoms with Crippen molar-refractivity contribution in [3.05, 3.63) is 82.8 Å². The molecule has 0 N–H and O–H groups in total. The van der Waals surface area contributed by atoms with Gasteiger partial charge in [-0.2, -0.15) is 0 Å². The highest BCUT2D eigenvalue weighted by atomic mass is 16.5.